The maximum Gasteiger partial charge on any atom is 0.351 e. The van der Waals surface area contributed by atoms with Crippen LogP contribution >= 0.6 is 43.5 Å². The number of rotatable bonds is 3. The van der Waals surface area contributed by atoms with Crippen LogP contribution in [0.2, 0.25) is 5.02 Å². The third-order valence-electron chi connectivity index (χ3n) is 3.39. The number of hydrogen-bond donors (Lipinski definition) is 1. The molecule has 0 spiro atoms. The van der Waals surface area contributed by atoms with Crippen molar-refractivity contribution in [1.29, 1.82) is 0 Å². The van der Waals surface area contributed by atoms with Crippen molar-refractivity contribution in [3.63, 3.8) is 0 Å². The van der Waals surface area contributed by atoms with Gasteiger partial charge >= 0.3 is 17.6 Å². The Morgan fingerprint density at radius 3 is 2.46 bits per heavy atom. The molecule has 0 unspecified atom stereocenters. The fourth-order valence-electron chi connectivity index (χ4n) is 2.19. The number of esters is 1. The normalized spacial score (nSPS) is 10.7. The van der Waals surface area contributed by atoms with Gasteiger partial charge in [0.25, 0.3) is 0 Å². The second-order valence-corrected chi connectivity index (χ2v) is 7.10. The average Bonchev–Trinajstić information content (AvgIpc) is 2.59. The minimum absolute atomic E-state index is 0.0736. The topological polar surface area (TPSA) is 93.8 Å². The zero-order chi connectivity index (χ0) is 19.0. The van der Waals surface area contributed by atoms with Crippen molar-refractivity contribution in [2.75, 3.05) is 0 Å². The van der Waals surface area contributed by atoms with Gasteiger partial charge in [0.05, 0.1) is 15.1 Å². The number of benzene rings is 2. The summed E-state index contributed by atoms with van der Waals surface area (Å²) < 4.78 is 11.3. The van der Waals surface area contributed by atoms with Crippen molar-refractivity contribution < 1.29 is 23.8 Å². The van der Waals surface area contributed by atoms with E-state index in [0.717, 1.165) is 6.07 Å². The number of ether oxygens (including phenoxy) is 1. The van der Waals surface area contributed by atoms with E-state index in [1.807, 2.05) is 0 Å². The molecule has 0 aliphatic carbocycles. The third-order valence-corrected chi connectivity index (χ3v) is 5.67. The highest BCUT2D eigenvalue weighted by molar-refractivity contribution is 9.13. The first-order chi connectivity index (χ1) is 12.3. The first-order valence-corrected chi connectivity index (χ1v) is 8.92. The van der Waals surface area contributed by atoms with Crippen LogP contribution in [0.5, 0.6) is 5.75 Å². The average molecular weight is 502 g/mol. The van der Waals surface area contributed by atoms with Crippen LogP contribution in [0.4, 0.5) is 0 Å². The molecule has 0 bridgehead atoms. The van der Waals surface area contributed by atoms with Gasteiger partial charge in [0.15, 0.2) is 11.3 Å². The highest BCUT2D eigenvalue weighted by atomic mass is 79.9. The van der Waals surface area contributed by atoms with E-state index in [4.69, 9.17) is 25.9 Å². The van der Waals surface area contributed by atoms with Crippen LogP contribution in [0, 0.1) is 0 Å². The van der Waals surface area contributed by atoms with Crippen molar-refractivity contribution in [3.8, 4) is 5.75 Å². The summed E-state index contributed by atoms with van der Waals surface area (Å²) in [4.78, 5) is 35.5. The molecule has 0 atom stereocenters. The van der Waals surface area contributed by atoms with Crippen LogP contribution in [-0.2, 0) is 0 Å². The van der Waals surface area contributed by atoms with Crippen LogP contribution in [0.15, 0.2) is 54.6 Å². The monoisotopic (exact) mass is 500 g/mol. The molecule has 0 radical (unpaired) electrons. The standard InChI is InChI=1S/C17H7Br2ClO6/c18-10-6-7-5-9(15(21)22)17(24)25-13(7)14(12(10)19)26-16(23)8-3-1-2-4-11(8)20/h1-6H,(H,21,22). The number of hydrogen-bond acceptors (Lipinski definition) is 5. The number of aromatic carboxylic acids is 1. The largest absolute Gasteiger partial charge is 0.477 e. The number of carboxylic acid groups (broad SMARTS) is 1. The number of carboxylic acids is 1. The summed E-state index contributed by atoms with van der Waals surface area (Å²) in [6.45, 7) is 0. The summed E-state index contributed by atoms with van der Waals surface area (Å²) in [6.07, 6.45) is 0. The van der Waals surface area contributed by atoms with Crippen LogP contribution in [0.25, 0.3) is 11.0 Å². The van der Waals surface area contributed by atoms with Crippen molar-refractivity contribution in [2.24, 2.45) is 0 Å². The molecule has 1 aromatic heterocycles. The molecule has 3 aromatic rings. The molecule has 0 aliphatic heterocycles. The minimum atomic E-state index is -1.42. The Kier molecular flexibility index (Phi) is 5.17. The second-order valence-electron chi connectivity index (χ2n) is 5.04. The van der Waals surface area contributed by atoms with Gasteiger partial charge in [0, 0.05) is 9.86 Å². The van der Waals surface area contributed by atoms with Gasteiger partial charge in [-0.15, -0.1) is 0 Å². The lowest BCUT2D eigenvalue weighted by Crippen LogP contribution is -2.14. The lowest BCUT2D eigenvalue weighted by atomic mass is 10.1. The molecule has 6 nitrogen and oxygen atoms in total. The highest BCUT2D eigenvalue weighted by Gasteiger charge is 2.22. The van der Waals surface area contributed by atoms with E-state index in [2.05, 4.69) is 31.9 Å². The lowest BCUT2D eigenvalue weighted by molar-refractivity contribution is 0.0688. The molecule has 132 valence electrons. The van der Waals surface area contributed by atoms with Crippen LogP contribution in [0.3, 0.4) is 0 Å². The van der Waals surface area contributed by atoms with Gasteiger partial charge in [-0.1, -0.05) is 23.7 Å². The molecule has 1 N–H and O–H groups in total. The summed E-state index contributed by atoms with van der Waals surface area (Å²) in [7, 11) is 0. The molecule has 0 fully saturated rings. The van der Waals surface area contributed by atoms with Gasteiger partial charge < -0.3 is 14.3 Å². The van der Waals surface area contributed by atoms with Gasteiger partial charge in [-0.3, -0.25) is 0 Å². The zero-order valence-electron chi connectivity index (χ0n) is 12.6. The number of carbonyl (C=O) groups is 2. The van der Waals surface area contributed by atoms with E-state index >= 15 is 0 Å². The van der Waals surface area contributed by atoms with Gasteiger partial charge in [-0.2, -0.15) is 0 Å². The molecule has 0 saturated heterocycles. The Labute approximate surface area is 167 Å². The molecule has 2 aromatic carbocycles. The molecule has 3 rings (SSSR count). The van der Waals surface area contributed by atoms with Crippen molar-refractivity contribution in [2.45, 2.75) is 0 Å². The van der Waals surface area contributed by atoms with Crippen molar-refractivity contribution in [3.05, 3.63) is 71.9 Å². The molecule has 1 heterocycles. The smallest absolute Gasteiger partial charge is 0.351 e. The Hall–Kier alpha value is -2.16. The van der Waals surface area contributed by atoms with Crippen molar-refractivity contribution >= 4 is 66.4 Å². The summed E-state index contributed by atoms with van der Waals surface area (Å²) in [5.74, 6) is -2.26. The van der Waals surface area contributed by atoms with Crippen molar-refractivity contribution in [1.82, 2.24) is 0 Å². The maximum absolute atomic E-state index is 12.4. The van der Waals surface area contributed by atoms with Gasteiger partial charge in [-0.05, 0) is 56.1 Å². The first kappa shape index (κ1) is 18.6. The Bertz CT molecular complexity index is 1120. The molecule has 0 aliphatic rings. The zero-order valence-corrected chi connectivity index (χ0v) is 16.5. The van der Waals surface area contributed by atoms with E-state index in [9.17, 15) is 14.4 Å². The van der Waals surface area contributed by atoms with E-state index in [0.29, 0.717) is 8.95 Å². The first-order valence-electron chi connectivity index (χ1n) is 6.95. The van der Waals surface area contributed by atoms with Gasteiger partial charge in [0.1, 0.15) is 5.56 Å². The van der Waals surface area contributed by atoms with Gasteiger partial charge in [0.2, 0.25) is 0 Å². The van der Waals surface area contributed by atoms with E-state index in [1.54, 1.807) is 12.1 Å². The summed E-state index contributed by atoms with van der Waals surface area (Å²) >= 11 is 12.5. The number of fused-ring (bicyclic) bond motifs is 1. The quantitative estimate of drug-likeness (QED) is 0.312. The summed E-state index contributed by atoms with van der Waals surface area (Å²) in [5, 5.41) is 9.52. The molecular formula is C17H7Br2ClO6. The molecule has 0 saturated carbocycles. The van der Waals surface area contributed by atoms with Crippen LogP contribution < -0.4 is 10.4 Å². The SMILES string of the molecule is O=C(Oc1c(Br)c(Br)cc2cc(C(=O)O)c(=O)oc12)c1ccccc1Cl. The van der Waals surface area contributed by atoms with Crippen LogP contribution in [-0.4, -0.2) is 17.0 Å². The second kappa shape index (κ2) is 7.22. The Balaban J connectivity index is 2.19. The fourth-order valence-corrected chi connectivity index (χ4v) is 3.21. The van der Waals surface area contributed by atoms with E-state index in [1.165, 1.54) is 18.2 Å². The highest BCUT2D eigenvalue weighted by Crippen LogP contribution is 2.40. The van der Waals surface area contributed by atoms with Crippen LogP contribution in [0.1, 0.15) is 20.7 Å². The third kappa shape index (κ3) is 3.40. The Morgan fingerprint density at radius 2 is 1.81 bits per heavy atom. The number of halogens is 3. The van der Waals surface area contributed by atoms with E-state index < -0.39 is 23.1 Å². The molecule has 9 heteroatoms. The lowest BCUT2D eigenvalue weighted by Gasteiger charge is -2.11. The fraction of sp³-hybridized carbons (Fsp3) is 0. The number of carbonyl (C=O) groups excluding carboxylic acids is 1. The Morgan fingerprint density at radius 1 is 1.12 bits per heavy atom. The predicted molar refractivity (Wildman–Crippen MR) is 101 cm³/mol. The summed E-state index contributed by atoms with van der Waals surface area (Å²) in [6, 6.07) is 8.98. The minimum Gasteiger partial charge on any atom is -0.477 e. The molecule has 26 heavy (non-hydrogen) atoms. The maximum atomic E-state index is 12.4. The predicted octanol–water partition coefficient (Wildman–Crippen LogP) is 4.89. The summed E-state index contributed by atoms with van der Waals surface area (Å²) in [5.41, 5.74) is -1.54. The molecular weight excluding hydrogens is 495 g/mol. The van der Waals surface area contributed by atoms with Gasteiger partial charge in [-0.25, -0.2) is 14.4 Å². The molecule has 0 amide bonds. The van der Waals surface area contributed by atoms with E-state index in [-0.39, 0.29) is 27.3 Å².